The summed E-state index contributed by atoms with van der Waals surface area (Å²) in [7, 11) is -3.53. The zero-order chi connectivity index (χ0) is 15.7. The van der Waals surface area contributed by atoms with Crippen LogP contribution in [0.15, 0.2) is 29.2 Å². The molecule has 0 bridgehead atoms. The Hall–Kier alpha value is -0.860. The minimum Gasteiger partial charge on any atom is -0.317 e. The van der Waals surface area contributed by atoms with Gasteiger partial charge < -0.3 is 5.32 Å². The molecule has 0 spiro atoms. The summed E-state index contributed by atoms with van der Waals surface area (Å²) in [6, 6.07) is 6.16. The molecule has 0 fully saturated rings. The molecule has 4 nitrogen and oxygen atoms in total. The van der Waals surface area contributed by atoms with Gasteiger partial charge in [0, 0.05) is 4.90 Å². The predicted octanol–water partition coefficient (Wildman–Crippen LogP) is 3.13. The Morgan fingerprint density at radius 1 is 1.24 bits per heavy atom. The van der Waals surface area contributed by atoms with Crippen LogP contribution in [-0.2, 0) is 10.0 Å². The van der Waals surface area contributed by atoms with E-state index in [1.54, 1.807) is 12.1 Å². The van der Waals surface area contributed by atoms with E-state index in [4.69, 9.17) is 0 Å². The highest BCUT2D eigenvalue weighted by molar-refractivity contribution is 7.99. The van der Waals surface area contributed by atoms with Gasteiger partial charge in [-0.15, -0.1) is 0 Å². The van der Waals surface area contributed by atoms with Gasteiger partial charge in [0.05, 0.1) is 11.4 Å². The average Bonchev–Trinajstić information content (AvgIpc) is 2.40. The Morgan fingerprint density at radius 2 is 1.95 bits per heavy atom. The van der Waals surface area contributed by atoms with Gasteiger partial charge in [0.2, 0.25) is 10.0 Å². The molecule has 120 valence electrons. The smallest absolute Gasteiger partial charge is 0.288 e. The Balaban J connectivity index is 2.58. The van der Waals surface area contributed by atoms with Crippen molar-refractivity contribution in [3.8, 4) is 0 Å². The molecule has 0 aromatic heterocycles. The van der Waals surface area contributed by atoms with Crippen LogP contribution in [0, 0.1) is 0 Å². The normalized spacial score (nSPS) is 11.8. The zero-order valence-electron chi connectivity index (χ0n) is 11.8. The average molecular weight is 338 g/mol. The monoisotopic (exact) mass is 338 g/mol. The van der Waals surface area contributed by atoms with Crippen molar-refractivity contribution in [3.05, 3.63) is 24.3 Å². The van der Waals surface area contributed by atoms with Crippen molar-refractivity contribution in [1.82, 2.24) is 5.32 Å². The van der Waals surface area contributed by atoms with E-state index in [0.29, 0.717) is 24.7 Å². The van der Waals surface area contributed by atoms with E-state index in [0.717, 1.165) is 13.0 Å². The first kappa shape index (κ1) is 18.2. The van der Waals surface area contributed by atoms with Crippen molar-refractivity contribution in [2.75, 3.05) is 23.6 Å². The molecule has 1 rings (SSSR count). The summed E-state index contributed by atoms with van der Waals surface area (Å²) in [5.41, 5.74) is 0.198. The molecule has 2 N–H and O–H groups in total. The van der Waals surface area contributed by atoms with Gasteiger partial charge in [-0.2, -0.15) is 8.78 Å². The molecule has 0 saturated heterocycles. The first-order valence-corrected chi connectivity index (χ1v) is 9.23. The molecule has 0 amide bonds. The molecule has 8 heteroatoms. The fraction of sp³-hybridized carbons (Fsp3) is 0.538. The third-order valence-electron chi connectivity index (χ3n) is 2.56. The molecule has 0 heterocycles. The summed E-state index contributed by atoms with van der Waals surface area (Å²) in [5, 5.41) is 3.11. The zero-order valence-corrected chi connectivity index (χ0v) is 13.4. The molecular formula is C13H20F2N2O2S2. The first-order valence-electron chi connectivity index (χ1n) is 6.69. The number of thioether (sulfide) groups is 1. The summed E-state index contributed by atoms with van der Waals surface area (Å²) < 4.78 is 51.1. The minimum atomic E-state index is -3.53. The van der Waals surface area contributed by atoms with Crippen LogP contribution in [0.5, 0.6) is 0 Å². The SMILES string of the molecule is CCCNCCCS(=O)(=O)Nc1ccccc1SC(F)F. The Labute approximate surface area is 128 Å². The number of nitrogens with one attached hydrogen (secondary N) is 2. The summed E-state index contributed by atoms with van der Waals surface area (Å²) in [5.74, 6) is -2.63. The van der Waals surface area contributed by atoms with E-state index in [-0.39, 0.29) is 16.3 Å². The van der Waals surface area contributed by atoms with Crippen LogP contribution < -0.4 is 10.0 Å². The van der Waals surface area contributed by atoms with Crippen molar-refractivity contribution in [2.45, 2.75) is 30.4 Å². The van der Waals surface area contributed by atoms with E-state index in [9.17, 15) is 17.2 Å². The van der Waals surface area contributed by atoms with Crippen molar-refractivity contribution < 1.29 is 17.2 Å². The molecule has 0 radical (unpaired) electrons. The minimum absolute atomic E-state index is 0.0443. The number of para-hydroxylation sites is 1. The van der Waals surface area contributed by atoms with Crippen LogP contribution in [0.1, 0.15) is 19.8 Å². The van der Waals surface area contributed by atoms with E-state index < -0.39 is 15.8 Å². The van der Waals surface area contributed by atoms with Crippen molar-refractivity contribution in [1.29, 1.82) is 0 Å². The lowest BCUT2D eigenvalue weighted by Crippen LogP contribution is -2.22. The number of hydrogen-bond donors (Lipinski definition) is 2. The van der Waals surface area contributed by atoms with Gasteiger partial charge in [0.1, 0.15) is 0 Å². The lowest BCUT2D eigenvalue weighted by Gasteiger charge is -2.12. The lowest BCUT2D eigenvalue weighted by atomic mass is 10.3. The second-order valence-corrected chi connectivity index (χ2v) is 7.27. The maximum Gasteiger partial charge on any atom is 0.288 e. The maximum atomic E-state index is 12.4. The molecule has 0 atom stereocenters. The number of sulfonamides is 1. The van der Waals surface area contributed by atoms with Crippen LogP contribution in [0.2, 0.25) is 0 Å². The second-order valence-electron chi connectivity index (χ2n) is 4.40. The van der Waals surface area contributed by atoms with E-state index in [1.165, 1.54) is 12.1 Å². The topological polar surface area (TPSA) is 58.2 Å². The number of hydrogen-bond acceptors (Lipinski definition) is 4. The summed E-state index contributed by atoms with van der Waals surface area (Å²) in [6.07, 6.45) is 1.46. The number of halogens is 2. The van der Waals surface area contributed by atoms with E-state index in [2.05, 4.69) is 10.0 Å². The molecule has 1 aromatic rings. The molecule has 0 aliphatic heterocycles. The molecule has 21 heavy (non-hydrogen) atoms. The van der Waals surface area contributed by atoms with E-state index >= 15 is 0 Å². The molecular weight excluding hydrogens is 318 g/mol. The first-order chi connectivity index (χ1) is 9.94. The fourth-order valence-electron chi connectivity index (χ4n) is 1.66. The van der Waals surface area contributed by atoms with Gasteiger partial charge in [-0.05, 0) is 38.1 Å². The van der Waals surface area contributed by atoms with Crippen LogP contribution in [-0.4, -0.2) is 33.0 Å². The largest absolute Gasteiger partial charge is 0.317 e. The van der Waals surface area contributed by atoms with Gasteiger partial charge in [-0.1, -0.05) is 30.8 Å². The summed E-state index contributed by atoms with van der Waals surface area (Å²) in [6.45, 7) is 3.49. The highest BCUT2D eigenvalue weighted by Crippen LogP contribution is 2.32. The predicted molar refractivity (Wildman–Crippen MR) is 83.5 cm³/mol. The number of benzene rings is 1. The summed E-state index contributed by atoms with van der Waals surface area (Å²) in [4.78, 5) is 0.222. The number of alkyl halides is 2. The van der Waals surface area contributed by atoms with Crippen LogP contribution in [0.25, 0.3) is 0 Å². The molecule has 0 aliphatic rings. The van der Waals surface area contributed by atoms with Gasteiger partial charge in [0.25, 0.3) is 5.76 Å². The molecule has 0 aliphatic carbocycles. The Morgan fingerprint density at radius 3 is 2.62 bits per heavy atom. The van der Waals surface area contributed by atoms with E-state index in [1.807, 2.05) is 6.92 Å². The summed E-state index contributed by atoms with van der Waals surface area (Å²) >= 11 is 0.328. The third kappa shape index (κ3) is 7.63. The van der Waals surface area contributed by atoms with Gasteiger partial charge >= 0.3 is 0 Å². The molecule has 0 saturated carbocycles. The highest BCUT2D eigenvalue weighted by atomic mass is 32.2. The fourth-order valence-corrected chi connectivity index (χ4v) is 3.46. The Kier molecular flexibility index (Phi) is 7.98. The molecule has 0 unspecified atom stereocenters. The van der Waals surface area contributed by atoms with Crippen molar-refractivity contribution >= 4 is 27.5 Å². The molecule has 1 aromatic carbocycles. The van der Waals surface area contributed by atoms with Gasteiger partial charge in [-0.25, -0.2) is 8.42 Å². The van der Waals surface area contributed by atoms with Gasteiger partial charge in [-0.3, -0.25) is 4.72 Å². The highest BCUT2D eigenvalue weighted by Gasteiger charge is 2.15. The van der Waals surface area contributed by atoms with Crippen molar-refractivity contribution in [3.63, 3.8) is 0 Å². The van der Waals surface area contributed by atoms with Crippen LogP contribution >= 0.6 is 11.8 Å². The maximum absolute atomic E-state index is 12.4. The third-order valence-corrected chi connectivity index (χ3v) is 4.71. The lowest BCUT2D eigenvalue weighted by molar-refractivity contribution is 0.252. The quantitative estimate of drug-likeness (QED) is 0.508. The Bertz CT molecular complexity index is 525. The number of anilines is 1. The van der Waals surface area contributed by atoms with Gasteiger partial charge in [0.15, 0.2) is 0 Å². The van der Waals surface area contributed by atoms with Crippen molar-refractivity contribution in [2.24, 2.45) is 0 Å². The van der Waals surface area contributed by atoms with Crippen LogP contribution in [0.3, 0.4) is 0 Å². The van der Waals surface area contributed by atoms with Crippen LogP contribution in [0.4, 0.5) is 14.5 Å². The standard InChI is InChI=1S/C13H20F2N2O2S2/c1-2-8-16-9-5-10-21(18,19)17-11-6-3-4-7-12(11)20-13(14)15/h3-4,6-7,13,16-17H,2,5,8-10H2,1H3. The second kappa shape index (κ2) is 9.22. The number of rotatable bonds is 10.